The van der Waals surface area contributed by atoms with Gasteiger partial charge >= 0.3 is 0 Å². The number of hydrogen-bond acceptors (Lipinski definition) is 6. The fourth-order valence-electron chi connectivity index (χ4n) is 3.17. The second-order valence-corrected chi connectivity index (χ2v) is 6.23. The van der Waals surface area contributed by atoms with Crippen molar-refractivity contribution >= 4 is 54.2 Å². The molecular formula is C16H29Cl3N6O. The van der Waals surface area contributed by atoms with E-state index in [1.165, 1.54) is 0 Å². The molecule has 7 nitrogen and oxygen atoms in total. The maximum Gasteiger partial charge on any atom is 0.165 e. The van der Waals surface area contributed by atoms with Gasteiger partial charge in [0.1, 0.15) is 6.33 Å². The molecule has 150 valence electrons. The highest BCUT2D eigenvalue weighted by molar-refractivity contribution is 5.86. The number of fused-ring (bicyclic) bond motifs is 1. The van der Waals surface area contributed by atoms with Crippen molar-refractivity contribution in [1.29, 1.82) is 0 Å². The highest BCUT2D eigenvalue weighted by Crippen LogP contribution is 2.21. The van der Waals surface area contributed by atoms with Crippen molar-refractivity contribution in [3.63, 3.8) is 0 Å². The third kappa shape index (κ3) is 5.57. The lowest BCUT2D eigenvalue weighted by molar-refractivity contribution is 0.0909. The minimum atomic E-state index is -0.213. The van der Waals surface area contributed by atoms with Gasteiger partial charge in [0.25, 0.3) is 0 Å². The average molecular weight is 428 g/mol. The highest BCUT2D eigenvalue weighted by atomic mass is 35.5. The summed E-state index contributed by atoms with van der Waals surface area (Å²) in [4.78, 5) is 15.3. The van der Waals surface area contributed by atoms with Crippen molar-refractivity contribution in [2.45, 2.75) is 51.3 Å². The number of aliphatic hydroxyl groups is 1. The number of hydrogen-bond donors (Lipinski definition) is 2. The van der Waals surface area contributed by atoms with Crippen LogP contribution < -0.4 is 10.2 Å². The van der Waals surface area contributed by atoms with Crippen LogP contribution in [0.1, 0.15) is 32.6 Å². The summed E-state index contributed by atoms with van der Waals surface area (Å²) in [6, 6.07) is 0.218. The minimum Gasteiger partial charge on any atom is -0.392 e. The van der Waals surface area contributed by atoms with Crippen LogP contribution in [0.25, 0.3) is 11.2 Å². The largest absolute Gasteiger partial charge is 0.392 e. The number of imidazole rings is 1. The molecular weight excluding hydrogens is 399 g/mol. The van der Waals surface area contributed by atoms with Crippen LogP contribution in [0.2, 0.25) is 0 Å². The second-order valence-electron chi connectivity index (χ2n) is 6.23. The summed E-state index contributed by atoms with van der Waals surface area (Å²) in [5.74, 6) is 0.876. The Bertz CT molecular complexity index is 656. The van der Waals surface area contributed by atoms with E-state index in [1.807, 2.05) is 13.4 Å². The first-order valence-corrected chi connectivity index (χ1v) is 8.49. The van der Waals surface area contributed by atoms with Gasteiger partial charge in [0.2, 0.25) is 0 Å². The van der Waals surface area contributed by atoms with Crippen molar-refractivity contribution < 1.29 is 5.11 Å². The third-order valence-corrected chi connectivity index (χ3v) is 4.68. The highest BCUT2D eigenvalue weighted by Gasteiger charge is 2.22. The van der Waals surface area contributed by atoms with E-state index in [9.17, 15) is 5.11 Å². The van der Waals surface area contributed by atoms with Gasteiger partial charge in [-0.05, 0) is 39.2 Å². The van der Waals surface area contributed by atoms with E-state index in [0.29, 0.717) is 0 Å². The third-order valence-electron chi connectivity index (χ3n) is 4.68. The van der Waals surface area contributed by atoms with Gasteiger partial charge in [-0.3, -0.25) is 0 Å². The predicted molar refractivity (Wildman–Crippen MR) is 112 cm³/mol. The van der Waals surface area contributed by atoms with Crippen LogP contribution in [-0.4, -0.2) is 56.9 Å². The molecule has 0 spiro atoms. The van der Waals surface area contributed by atoms with Crippen molar-refractivity contribution in [3.05, 3.63) is 12.7 Å². The van der Waals surface area contributed by atoms with E-state index in [2.05, 4.69) is 36.7 Å². The SMILES string of the molecule is CCN(C)c1ncnc2c1ncn2CCC[C@H]1NCCC[C@@H]1O.Cl.Cl.Cl. The molecule has 3 rings (SSSR count). The molecule has 0 unspecified atom stereocenters. The fraction of sp³-hybridized carbons (Fsp3) is 0.688. The number of aryl methyl sites for hydroxylation is 1. The molecule has 3 heterocycles. The summed E-state index contributed by atoms with van der Waals surface area (Å²) < 4.78 is 2.08. The monoisotopic (exact) mass is 426 g/mol. The Balaban J connectivity index is 0.00000208. The Hall–Kier alpha value is -0.860. The zero-order valence-electron chi connectivity index (χ0n) is 15.2. The molecule has 2 aromatic heterocycles. The Kier molecular flexibility index (Phi) is 11.4. The normalized spacial score (nSPS) is 19.2. The van der Waals surface area contributed by atoms with E-state index < -0.39 is 0 Å². The molecule has 0 radical (unpaired) electrons. The van der Waals surface area contributed by atoms with Crippen LogP contribution >= 0.6 is 37.2 Å². The molecule has 1 aliphatic heterocycles. The summed E-state index contributed by atoms with van der Waals surface area (Å²) in [5, 5.41) is 13.4. The number of aliphatic hydroxyl groups excluding tert-OH is 1. The summed E-state index contributed by atoms with van der Waals surface area (Å²) >= 11 is 0. The van der Waals surface area contributed by atoms with Crippen LogP contribution in [0, 0.1) is 0 Å². The summed E-state index contributed by atoms with van der Waals surface area (Å²) in [6.07, 6.45) is 7.16. The maximum absolute atomic E-state index is 10.0. The van der Waals surface area contributed by atoms with Gasteiger partial charge in [0.15, 0.2) is 17.0 Å². The Morgan fingerprint density at radius 1 is 1.27 bits per heavy atom. The Morgan fingerprint density at radius 3 is 2.73 bits per heavy atom. The lowest BCUT2D eigenvalue weighted by atomic mass is 9.97. The molecule has 10 heteroatoms. The molecule has 2 N–H and O–H groups in total. The number of nitrogens with zero attached hydrogens (tertiary/aromatic N) is 5. The lowest BCUT2D eigenvalue weighted by Crippen LogP contribution is -2.44. The molecule has 2 atom stereocenters. The van der Waals surface area contributed by atoms with Gasteiger partial charge in [0, 0.05) is 26.2 Å². The van der Waals surface area contributed by atoms with Gasteiger partial charge in [-0.1, -0.05) is 0 Å². The molecule has 0 amide bonds. The van der Waals surface area contributed by atoms with E-state index in [1.54, 1.807) is 6.33 Å². The zero-order chi connectivity index (χ0) is 16.2. The second kappa shape index (κ2) is 11.8. The van der Waals surface area contributed by atoms with Gasteiger partial charge < -0.3 is 19.9 Å². The van der Waals surface area contributed by atoms with E-state index in [-0.39, 0.29) is 49.4 Å². The smallest absolute Gasteiger partial charge is 0.165 e. The van der Waals surface area contributed by atoms with E-state index >= 15 is 0 Å². The van der Waals surface area contributed by atoms with Crippen molar-refractivity contribution in [1.82, 2.24) is 24.8 Å². The van der Waals surface area contributed by atoms with E-state index in [0.717, 1.165) is 62.3 Å². The van der Waals surface area contributed by atoms with Crippen LogP contribution in [0.3, 0.4) is 0 Å². The number of aromatic nitrogens is 4. The van der Waals surface area contributed by atoms with Crippen LogP contribution in [-0.2, 0) is 6.54 Å². The molecule has 1 saturated heterocycles. The number of halogens is 3. The van der Waals surface area contributed by atoms with Gasteiger partial charge in [-0.15, -0.1) is 37.2 Å². The fourth-order valence-corrected chi connectivity index (χ4v) is 3.17. The standard InChI is InChI=1S/C16H26N6O.3ClH/c1-3-21(2)15-14-16(19-10-18-15)22(11-20-14)9-5-6-12-13(23)7-4-8-17-12;;;/h10-13,17,23H,3-9H2,1-2H3;3*1H/t12-,13+;;;/m1.../s1. The maximum atomic E-state index is 10.0. The Morgan fingerprint density at radius 2 is 2.04 bits per heavy atom. The van der Waals surface area contributed by atoms with Crippen LogP contribution in [0.4, 0.5) is 5.82 Å². The number of anilines is 1. The summed E-state index contributed by atoms with van der Waals surface area (Å²) in [5.41, 5.74) is 1.74. The number of nitrogens with one attached hydrogen (secondary N) is 1. The van der Waals surface area contributed by atoms with Crippen molar-refractivity contribution in [2.24, 2.45) is 0 Å². The quantitative estimate of drug-likeness (QED) is 0.737. The average Bonchev–Trinajstić information content (AvgIpc) is 2.99. The minimum absolute atomic E-state index is 0. The van der Waals surface area contributed by atoms with Gasteiger partial charge in [0.05, 0.1) is 12.4 Å². The molecule has 1 fully saturated rings. The van der Waals surface area contributed by atoms with Crippen LogP contribution in [0.15, 0.2) is 12.7 Å². The van der Waals surface area contributed by atoms with Crippen molar-refractivity contribution in [3.8, 4) is 0 Å². The molecule has 26 heavy (non-hydrogen) atoms. The Labute approximate surface area is 173 Å². The number of piperidine rings is 1. The lowest BCUT2D eigenvalue weighted by Gasteiger charge is -2.28. The van der Waals surface area contributed by atoms with E-state index in [4.69, 9.17) is 0 Å². The topological polar surface area (TPSA) is 79.1 Å². The molecule has 0 bridgehead atoms. The zero-order valence-corrected chi connectivity index (χ0v) is 17.6. The summed E-state index contributed by atoms with van der Waals surface area (Å²) in [7, 11) is 2.01. The molecule has 2 aromatic rings. The molecule has 0 aromatic carbocycles. The predicted octanol–water partition coefficient (Wildman–Crippen LogP) is 2.44. The first-order chi connectivity index (χ1) is 11.2. The van der Waals surface area contributed by atoms with Crippen molar-refractivity contribution in [2.75, 3.05) is 25.0 Å². The first-order valence-electron chi connectivity index (χ1n) is 8.49. The van der Waals surface area contributed by atoms with Crippen LogP contribution in [0.5, 0.6) is 0 Å². The molecule has 0 aliphatic carbocycles. The van der Waals surface area contributed by atoms with Gasteiger partial charge in [-0.25, -0.2) is 15.0 Å². The number of rotatable bonds is 6. The van der Waals surface area contributed by atoms with Gasteiger partial charge in [-0.2, -0.15) is 0 Å². The molecule has 0 saturated carbocycles. The molecule has 1 aliphatic rings. The first kappa shape index (κ1) is 25.1. The summed E-state index contributed by atoms with van der Waals surface area (Å²) in [6.45, 7) is 4.83.